The van der Waals surface area contributed by atoms with Gasteiger partial charge in [-0.25, -0.2) is 0 Å². The molecule has 3 aromatic rings. The van der Waals surface area contributed by atoms with Crippen LogP contribution in [0.3, 0.4) is 0 Å². The molecule has 2 aromatic heterocycles. The van der Waals surface area contributed by atoms with Gasteiger partial charge in [0.05, 0.1) is 25.2 Å². The molecular weight excluding hydrogens is 412 g/mol. The highest BCUT2D eigenvalue weighted by Gasteiger charge is 2.24. The molecule has 1 aliphatic carbocycles. The van der Waals surface area contributed by atoms with E-state index in [1.165, 1.54) is 31.0 Å². The molecule has 1 saturated carbocycles. The Hall–Kier alpha value is -2.74. The Morgan fingerprint density at radius 1 is 1.23 bits per heavy atom. The smallest absolute Gasteiger partial charge is 0.233 e. The minimum absolute atomic E-state index is 0.0513. The first-order chi connectivity index (χ1) is 15.1. The fourth-order valence-corrected chi connectivity index (χ4v) is 4.67. The second-order valence-corrected chi connectivity index (χ2v) is 9.11. The van der Waals surface area contributed by atoms with E-state index in [-0.39, 0.29) is 11.2 Å². The first-order valence-electron chi connectivity index (χ1n) is 10.7. The van der Waals surface area contributed by atoms with Crippen LogP contribution in [0.15, 0.2) is 52.2 Å². The highest BCUT2D eigenvalue weighted by molar-refractivity contribution is 8.00. The monoisotopic (exact) mass is 440 g/mol. The van der Waals surface area contributed by atoms with E-state index in [0.29, 0.717) is 17.7 Å². The van der Waals surface area contributed by atoms with E-state index in [2.05, 4.69) is 15.5 Å². The predicted octanol–water partition coefficient (Wildman–Crippen LogP) is 4.52. The Morgan fingerprint density at radius 2 is 2.00 bits per heavy atom. The van der Waals surface area contributed by atoms with Crippen molar-refractivity contribution in [1.29, 1.82) is 0 Å². The molecule has 1 amide bonds. The molecule has 0 radical (unpaired) electrons. The second-order valence-electron chi connectivity index (χ2n) is 7.80. The number of nitrogens with zero attached hydrogens (tertiary/aromatic N) is 3. The van der Waals surface area contributed by atoms with Crippen LogP contribution in [0.4, 0.5) is 0 Å². The van der Waals surface area contributed by atoms with E-state index in [9.17, 15) is 4.79 Å². The van der Waals surface area contributed by atoms with Crippen LogP contribution in [0.25, 0.3) is 11.4 Å². The Labute approximate surface area is 186 Å². The first-order valence-corrected chi connectivity index (χ1v) is 11.6. The zero-order valence-corrected chi connectivity index (χ0v) is 18.7. The Morgan fingerprint density at radius 3 is 2.68 bits per heavy atom. The van der Waals surface area contributed by atoms with Gasteiger partial charge in [-0.15, -0.1) is 10.2 Å². The van der Waals surface area contributed by atoms with Gasteiger partial charge in [0.2, 0.25) is 5.91 Å². The van der Waals surface area contributed by atoms with E-state index in [1.54, 1.807) is 13.4 Å². The summed E-state index contributed by atoms with van der Waals surface area (Å²) in [5, 5.41) is 12.5. The number of methoxy groups -OCH3 is 1. The molecule has 1 aromatic carbocycles. The van der Waals surface area contributed by atoms with E-state index < -0.39 is 0 Å². The molecule has 8 heteroatoms. The van der Waals surface area contributed by atoms with Gasteiger partial charge >= 0.3 is 0 Å². The number of amides is 1. The molecule has 7 nitrogen and oxygen atoms in total. The van der Waals surface area contributed by atoms with Crippen molar-refractivity contribution >= 4 is 17.7 Å². The fourth-order valence-electron chi connectivity index (χ4n) is 3.81. The minimum Gasteiger partial charge on any atom is -0.497 e. The highest BCUT2D eigenvalue weighted by atomic mass is 32.2. The van der Waals surface area contributed by atoms with Crippen LogP contribution in [-0.4, -0.2) is 39.1 Å². The van der Waals surface area contributed by atoms with Crippen LogP contribution in [-0.2, 0) is 11.3 Å². The van der Waals surface area contributed by atoms with Crippen molar-refractivity contribution in [2.75, 3.05) is 7.11 Å². The van der Waals surface area contributed by atoms with E-state index in [4.69, 9.17) is 9.15 Å². The topological polar surface area (TPSA) is 82.2 Å². The van der Waals surface area contributed by atoms with E-state index >= 15 is 0 Å². The quantitative estimate of drug-likeness (QED) is 0.519. The molecule has 0 aliphatic heterocycles. The van der Waals surface area contributed by atoms with Crippen LogP contribution in [0.1, 0.15) is 44.8 Å². The molecule has 164 valence electrons. The third-order valence-corrected chi connectivity index (χ3v) is 6.64. The summed E-state index contributed by atoms with van der Waals surface area (Å²) in [5.74, 6) is 2.36. The number of hydrogen-bond donors (Lipinski definition) is 1. The SMILES string of the molecule is COc1ccc(-c2nnc(SC(C)C(=O)NC3CCCCC3)n2Cc2ccco2)cc1. The lowest BCUT2D eigenvalue weighted by atomic mass is 9.95. The Balaban J connectivity index is 1.54. The molecule has 0 spiro atoms. The summed E-state index contributed by atoms with van der Waals surface area (Å²) in [6, 6.07) is 11.8. The van der Waals surface area contributed by atoms with Crippen LogP contribution in [0.2, 0.25) is 0 Å². The van der Waals surface area contributed by atoms with Crippen molar-refractivity contribution in [3.63, 3.8) is 0 Å². The van der Waals surface area contributed by atoms with Gasteiger partial charge in [-0.05, 0) is 56.2 Å². The molecule has 1 N–H and O–H groups in total. The number of thioether (sulfide) groups is 1. The molecular formula is C23H28N4O3S. The van der Waals surface area contributed by atoms with Crippen molar-refractivity contribution < 1.29 is 13.9 Å². The summed E-state index contributed by atoms with van der Waals surface area (Å²) in [6.07, 6.45) is 7.43. The molecule has 1 fully saturated rings. The standard InChI is InChI=1S/C23H28N4O3S/c1-16(22(28)24-18-7-4-3-5-8-18)31-23-26-25-21(17-10-12-19(29-2)13-11-17)27(23)15-20-9-6-14-30-20/h6,9-14,16,18H,3-5,7-8,15H2,1-2H3,(H,24,28). The molecule has 1 unspecified atom stereocenters. The van der Waals surface area contributed by atoms with Gasteiger partial charge in [-0.3, -0.25) is 9.36 Å². The number of carbonyl (C=O) groups is 1. The molecule has 0 saturated heterocycles. The zero-order valence-electron chi connectivity index (χ0n) is 17.9. The van der Waals surface area contributed by atoms with Crippen LogP contribution >= 0.6 is 11.8 Å². The number of rotatable bonds is 8. The molecule has 1 atom stereocenters. The number of carbonyl (C=O) groups excluding carboxylic acids is 1. The van der Waals surface area contributed by atoms with Crippen molar-refractivity contribution in [3.05, 3.63) is 48.4 Å². The summed E-state index contributed by atoms with van der Waals surface area (Å²) in [4.78, 5) is 12.8. The Kier molecular flexibility index (Phi) is 6.96. The van der Waals surface area contributed by atoms with Gasteiger partial charge in [0.25, 0.3) is 0 Å². The lowest BCUT2D eigenvalue weighted by Crippen LogP contribution is -2.40. The van der Waals surface area contributed by atoms with Crippen LogP contribution < -0.4 is 10.1 Å². The maximum absolute atomic E-state index is 12.8. The van der Waals surface area contributed by atoms with Crippen molar-refractivity contribution in [1.82, 2.24) is 20.1 Å². The molecule has 0 bridgehead atoms. The molecule has 31 heavy (non-hydrogen) atoms. The second kappa shape index (κ2) is 10.0. The number of furan rings is 1. The third kappa shape index (κ3) is 5.31. The Bertz CT molecular complexity index is 979. The summed E-state index contributed by atoms with van der Waals surface area (Å²) in [6.45, 7) is 2.41. The van der Waals surface area contributed by atoms with Gasteiger partial charge in [-0.1, -0.05) is 31.0 Å². The zero-order chi connectivity index (χ0) is 21.6. The summed E-state index contributed by atoms with van der Waals surface area (Å²) >= 11 is 1.42. The van der Waals surface area contributed by atoms with Crippen LogP contribution in [0, 0.1) is 0 Å². The fraction of sp³-hybridized carbons (Fsp3) is 0.435. The summed E-state index contributed by atoms with van der Waals surface area (Å²) in [5.41, 5.74) is 0.922. The molecule has 2 heterocycles. The molecule has 1 aliphatic rings. The van der Waals surface area contributed by atoms with Crippen molar-refractivity contribution in [3.8, 4) is 17.1 Å². The number of ether oxygens (including phenoxy) is 1. The number of hydrogen-bond acceptors (Lipinski definition) is 6. The maximum atomic E-state index is 12.8. The van der Waals surface area contributed by atoms with Crippen molar-refractivity contribution in [2.45, 2.75) is 62.0 Å². The molecule has 4 rings (SSSR count). The first kappa shape index (κ1) is 21.5. The predicted molar refractivity (Wildman–Crippen MR) is 120 cm³/mol. The lowest BCUT2D eigenvalue weighted by Gasteiger charge is -2.24. The average Bonchev–Trinajstić information content (AvgIpc) is 3.45. The van der Waals surface area contributed by atoms with Gasteiger partial charge in [-0.2, -0.15) is 0 Å². The van der Waals surface area contributed by atoms with Gasteiger partial charge in [0, 0.05) is 11.6 Å². The summed E-state index contributed by atoms with van der Waals surface area (Å²) in [7, 11) is 1.64. The number of benzene rings is 1. The normalized spacial score (nSPS) is 15.5. The highest BCUT2D eigenvalue weighted by Crippen LogP contribution is 2.29. The summed E-state index contributed by atoms with van der Waals surface area (Å²) < 4.78 is 12.8. The van der Waals surface area contributed by atoms with E-state index in [1.807, 2.05) is 47.9 Å². The van der Waals surface area contributed by atoms with Crippen LogP contribution in [0.5, 0.6) is 5.75 Å². The third-order valence-electron chi connectivity index (χ3n) is 5.56. The largest absolute Gasteiger partial charge is 0.497 e. The van der Waals surface area contributed by atoms with Gasteiger partial charge in [0.1, 0.15) is 11.5 Å². The lowest BCUT2D eigenvalue weighted by molar-refractivity contribution is -0.121. The number of nitrogens with one attached hydrogen (secondary N) is 1. The minimum atomic E-state index is -0.273. The van der Waals surface area contributed by atoms with Crippen molar-refractivity contribution in [2.24, 2.45) is 0 Å². The number of aromatic nitrogens is 3. The average molecular weight is 441 g/mol. The van der Waals surface area contributed by atoms with Gasteiger partial charge < -0.3 is 14.5 Å². The maximum Gasteiger partial charge on any atom is 0.233 e. The van der Waals surface area contributed by atoms with E-state index in [0.717, 1.165) is 35.7 Å². The van der Waals surface area contributed by atoms with Gasteiger partial charge in [0.15, 0.2) is 11.0 Å².